The van der Waals surface area contributed by atoms with Crippen LogP contribution in [-0.4, -0.2) is 59.3 Å². The normalized spacial score (nSPS) is 18.5. The Kier molecular flexibility index (Phi) is 6.44. The maximum atomic E-state index is 12.8. The quantitative estimate of drug-likeness (QED) is 0.632. The van der Waals surface area contributed by atoms with Gasteiger partial charge in [0.2, 0.25) is 11.8 Å². The van der Waals surface area contributed by atoms with E-state index in [1.54, 1.807) is 4.90 Å². The van der Waals surface area contributed by atoms with Gasteiger partial charge in [-0.3, -0.25) is 4.79 Å². The number of carbonyl (C=O) groups is 1. The van der Waals surface area contributed by atoms with Crippen LogP contribution in [0.1, 0.15) is 25.8 Å². The molecule has 2 aromatic rings. The molecule has 1 amide bonds. The Labute approximate surface area is 169 Å². The largest absolute Gasteiger partial charge is 0.411 e. The third kappa shape index (κ3) is 5.35. The van der Waals surface area contributed by atoms with Gasteiger partial charge in [-0.05, 0) is 31.4 Å². The third-order valence-electron chi connectivity index (χ3n) is 4.52. The predicted octanol–water partition coefficient (Wildman–Crippen LogP) is 2.81. The van der Waals surface area contributed by atoms with Gasteiger partial charge in [-0.25, -0.2) is 8.42 Å². The first-order chi connectivity index (χ1) is 13.2. The first-order valence-corrected chi connectivity index (χ1v) is 12.1. The minimum absolute atomic E-state index is 0.0498. The zero-order valence-electron chi connectivity index (χ0n) is 16.3. The summed E-state index contributed by atoms with van der Waals surface area (Å²) in [7, 11) is -3.05. The van der Waals surface area contributed by atoms with E-state index >= 15 is 0 Å². The summed E-state index contributed by atoms with van der Waals surface area (Å²) >= 11 is 1.18. The number of rotatable bonds is 7. The van der Waals surface area contributed by atoms with E-state index in [2.05, 4.69) is 10.2 Å². The van der Waals surface area contributed by atoms with Gasteiger partial charge in [0.15, 0.2) is 9.84 Å². The van der Waals surface area contributed by atoms with Crippen molar-refractivity contribution in [2.75, 3.05) is 23.8 Å². The van der Waals surface area contributed by atoms with E-state index in [-0.39, 0.29) is 35.1 Å². The Morgan fingerprint density at radius 1 is 1.36 bits per heavy atom. The highest BCUT2D eigenvalue weighted by Gasteiger charge is 2.34. The zero-order valence-corrected chi connectivity index (χ0v) is 17.9. The Balaban J connectivity index is 1.64. The fourth-order valence-corrected chi connectivity index (χ4v) is 5.62. The summed E-state index contributed by atoms with van der Waals surface area (Å²) in [4.78, 5) is 14.5. The van der Waals surface area contributed by atoms with Crippen molar-refractivity contribution in [2.45, 2.75) is 38.5 Å². The smallest absolute Gasteiger partial charge is 0.277 e. The molecule has 0 bridgehead atoms. The summed E-state index contributed by atoms with van der Waals surface area (Å²) in [5.41, 5.74) is 1.93. The lowest BCUT2D eigenvalue weighted by Crippen LogP contribution is -2.44. The second-order valence-corrected chi connectivity index (χ2v) is 10.7. The lowest BCUT2D eigenvalue weighted by atomic mass is 10.1. The van der Waals surface area contributed by atoms with Crippen molar-refractivity contribution in [3.8, 4) is 11.5 Å². The van der Waals surface area contributed by atoms with Crippen LogP contribution >= 0.6 is 11.8 Å². The number of benzene rings is 1. The number of hydrogen-bond donors (Lipinski definition) is 0. The predicted molar refractivity (Wildman–Crippen MR) is 109 cm³/mol. The van der Waals surface area contributed by atoms with Gasteiger partial charge in [-0.15, -0.1) is 10.2 Å². The van der Waals surface area contributed by atoms with Crippen molar-refractivity contribution in [1.29, 1.82) is 0 Å². The molecule has 0 radical (unpaired) electrons. The number of hydrogen-bond acceptors (Lipinski definition) is 7. The van der Waals surface area contributed by atoms with Crippen molar-refractivity contribution >= 4 is 27.5 Å². The van der Waals surface area contributed by atoms with Gasteiger partial charge in [0, 0.05) is 18.2 Å². The Hall–Kier alpha value is -1.87. The van der Waals surface area contributed by atoms with Crippen LogP contribution in [0.2, 0.25) is 0 Å². The molecule has 0 unspecified atom stereocenters. The number of sulfone groups is 1. The molecule has 1 saturated heterocycles. The van der Waals surface area contributed by atoms with Crippen molar-refractivity contribution in [3.63, 3.8) is 0 Å². The molecule has 3 rings (SSSR count). The molecule has 1 aliphatic rings. The maximum Gasteiger partial charge on any atom is 0.277 e. The van der Waals surface area contributed by atoms with Crippen molar-refractivity contribution in [3.05, 3.63) is 29.8 Å². The molecule has 2 heterocycles. The number of aromatic nitrogens is 2. The van der Waals surface area contributed by atoms with Gasteiger partial charge in [0.25, 0.3) is 5.22 Å². The molecule has 0 aliphatic carbocycles. The maximum absolute atomic E-state index is 12.8. The van der Waals surface area contributed by atoms with Crippen LogP contribution in [0.25, 0.3) is 11.5 Å². The first kappa shape index (κ1) is 20.9. The van der Waals surface area contributed by atoms with Crippen LogP contribution in [0.4, 0.5) is 0 Å². The fraction of sp³-hybridized carbons (Fsp3) is 0.526. The number of amides is 1. The summed E-state index contributed by atoms with van der Waals surface area (Å²) in [5.74, 6) is 0.910. The topological polar surface area (TPSA) is 93.4 Å². The molecule has 0 saturated carbocycles. The van der Waals surface area contributed by atoms with E-state index in [0.717, 1.165) is 11.1 Å². The Morgan fingerprint density at radius 3 is 2.79 bits per heavy atom. The minimum Gasteiger partial charge on any atom is -0.411 e. The van der Waals surface area contributed by atoms with Crippen LogP contribution in [0.5, 0.6) is 0 Å². The van der Waals surface area contributed by atoms with Crippen LogP contribution < -0.4 is 0 Å². The second kappa shape index (κ2) is 8.65. The van der Waals surface area contributed by atoms with Gasteiger partial charge in [-0.1, -0.05) is 43.3 Å². The van der Waals surface area contributed by atoms with Gasteiger partial charge < -0.3 is 9.32 Å². The number of carbonyl (C=O) groups excluding carboxylic acids is 1. The molecule has 1 aromatic carbocycles. The highest BCUT2D eigenvalue weighted by Crippen LogP contribution is 2.25. The molecular weight excluding hydrogens is 398 g/mol. The van der Waals surface area contributed by atoms with Crippen LogP contribution in [0, 0.1) is 12.8 Å². The average molecular weight is 424 g/mol. The third-order valence-corrected chi connectivity index (χ3v) is 7.08. The van der Waals surface area contributed by atoms with E-state index in [9.17, 15) is 13.2 Å². The second-order valence-electron chi connectivity index (χ2n) is 7.53. The van der Waals surface area contributed by atoms with Crippen molar-refractivity contribution in [1.82, 2.24) is 15.1 Å². The summed E-state index contributed by atoms with van der Waals surface area (Å²) in [6.45, 7) is 6.56. The molecule has 1 fully saturated rings. The molecule has 1 atom stereocenters. The molecule has 7 nitrogen and oxygen atoms in total. The SMILES string of the molecule is Cc1cccc(-c2nnc(SCC(=O)N(CC(C)C)[C@H]3CCS(=O)(=O)C3)o2)c1. The molecule has 0 spiro atoms. The zero-order chi connectivity index (χ0) is 20.3. The van der Waals surface area contributed by atoms with Gasteiger partial charge in [0.1, 0.15) is 0 Å². The lowest BCUT2D eigenvalue weighted by Gasteiger charge is -2.29. The van der Waals surface area contributed by atoms with E-state index < -0.39 is 9.84 Å². The molecule has 152 valence electrons. The summed E-state index contributed by atoms with van der Waals surface area (Å²) in [6.07, 6.45) is 0.503. The first-order valence-electron chi connectivity index (χ1n) is 9.27. The van der Waals surface area contributed by atoms with Crippen LogP contribution in [0.3, 0.4) is 0 Å². The standard InChI is InChI=1S/C19H25N3O4S2/c1-13(2)10-22(16-7-8-28(24,25)12-16)17(23)11-27-19-21-20-18(26-19)15-6-4-5-14(3)9-15/h4-6,9,13,16H,7-8,10-12H2,1-3H3/t16-/m0/s1. The highest BCUT2D eigenvalue weighted by atomic mass is 32.2. The number of thioether (sulfide) groups is 1. The van der Waals surface area contributed by atoms with E-state index in [1.165, 1.54) is 11.8 Å². The van der Waals surface area contributed by atoms with Crippen LogP contribution in [0.15, 0.2) is 33.9 Å². The molecule has 1 aromatic heterocycles. The number of nitrogens with zero attached hydrogens (tertiary/aromatic N) is 3. The summed E-state index contributed by atoms with van der Waals surface area (Å²) in [6, 6.07) is 7.51. The number of aryl methyl sites for hydroxylation is 1. The summed E-state index contributed by atoms with van der Waals surface area (Å²) in [5, 5.41) is 8.40. The molecule has 1 aliphatic heterocycles. The lowest BCUT2D eigenvalue weighted by molar-refractivity contribution is -0.130. The van der Waals surface area contributed by atoms with E-state index in [0.29, 0.717) is 24.1 Å². The van der Waals surface area contributed by atoms with E-state index in [4.69, 9.17) is 4.42 Å². The van der Waals surface area contributed by atoms with Crippen LogP contribution in [-0.2, 0) is 14.6 Å². The average Bonchev–Trinajstić information content (AvgIpc) is 3.24. The van der Waals surface area contributed by atoms with E-state index in [1.807, 2.05) is 45.0 Å². The molecule has 9 heteroatoms. The van der Waals surface area contributed by atoms with Gasteiger partial charge in [-0.2, -0.15) is 0 Å². The fourth-order valence-electron chi connectivity index (χ4n) is 3.24. The minimum atomic E-state index is -3.05. The van der Waals surface area contributed by atoms with Crippen molar-refractivity contribution < 1.29 is 17.6 Å². The Bertz CT molecular complexity index is 940. The Morgan fingerprint density at radius 2 is 2.14 bits per heavy atom. The summed E-state index contributed by atoms with van der Waals surface area (Å²) < 4.78 is 29.3. The van der Waals surface area contributed by atoms with Gasteiger partial charge in [0.05, 0.1) is 17.3 Å². The van der Waals surface area contributed by atoms with Gasteiger partial charge >= 0.3 is 0 Å². The molecule has 28 heavy (non-hydrogen) atoms. The van der Waals surface area contributed by atoms with Crippen molar-refractivity contribution in [2.24, 2.45) is 5.92 Å². The highest BCUT2D eigenvalue weighted by molar-refractivity contribution is 7.99. The monoisotopic (exact) mass is 423 g/mol. The molecular formula is C19H25N3O4S2. The molecule has 0 N–H and O–H groups in total.